The number of carbonyl (C=O) groups excluding carboxylic acids is 1. The zero-order valence-electron chi connectivity index (χ0n) is 13.9. The number of amides is 1. The molecule has 1 amide bonds. The predicted molar refractivity (Wildman–Crippen MR) is 99.9 cm³/mol. The van der Waals surface area contributed by atoms with Gasteiger partial charge in [-0.2, -0.15) is 5.10 Å². The Labute approximate surface area is 153 Å². The van der Waals surface area contributed by atoms with Gasteiger partial charge < -0.3 is 9.73 Å². The lowest BCUT2D eigenvalue weighted by atomic mass is 10.2. The van der Waals surface area contributed by atoms with E-state index in [0.29, 0.717) is 16.7 Å². The molecule has 8 heteroatoms. The number of aromatic amines is 1. The maximum absolute atomic E-state index is 12.0. The Bertz CT molecular complexity index is 1040. The Kier molecular flexibility index (Phi) is 4.40. The lowest BCUT2D eigenvalue weighted by molar-refractivity contribution is -0.113. The van der Waals surface area contributed by atoms with Gasteiger partial charge in [-0.1, -0.05) is 17.8 Å². The minimum absolute atomic E-state index is 0.114. The summed E-state index contributed by atoms with van der Waals surface area (Å²) in [5, 5.41) is 9.90. The fraction of sp³-hybridized carbons (Fsp3) is 0.111. The van der Waals surface area contributed by atoms with Crippen LogP contribution in [0.4, 0.5) is 5.69 Å². The minimum Gasteiger partial charge on any atom is -0.436 e. The standard InChI is InChI=1S/C18H15N5O2S/c1-11-2-7-14-15(8-11)25-17(22-14)12-3-5-13(6-4-12)21-16(24)9-26-18-19-10-20-23-18/h2-8,10H,9H2,1H3,(H,21,24)(H,19,20,23). The Hall–Kier alpha value is -3.13. The van der Waals surface area contributed by atoms with Crippen LogP contribution in [0.1, 0.15) is 5.56 Å². The van der Waals surface area contributed by atoms with Crippen LogP contribution in [-0.2, 0) is 4.79 Å². The Morgan fingerprint density at radius 3 is 2.85 bits per heavy atom. The number of benzene rings is 2. The normalized spacial score (nSPS) is 11.0. The molecule has 2 N–H and O–H groups in total. The number of hydrogen-bond donors (Lipinski definition) is 2. The molecule has 0 fully saturated rings. The summed E-state index contributed by atoms with van der Waals surface area (Å²) in [6.45, 7) is 2.01. The van der Waals surface area contributed by atoms with Gasteiger partial charge in [-0.25, -0.2) is 9.97 Å². The molecule has 0 bridgehead atoms. The van der Waals surface area contributed by atoms with Crippen molar-refractivity contribution in [2.75, 3.05) is 11.1 Å². The molecule has 2 heterocycles. The molecule has 2 aromatic carbocycles. The number of thioether (sulfide) groups is 1. The van der Waals surface area contributed by atoms with Crippen LogP contribution in [-0.4, -0.2) is 31.8 Å². The Morgan fingerprint density at radius 2 is 2.08 bits per heavy atom. The molecular weight excluding hydrogens is 350 g/mol. The fourth-order valence-electron chi connectivity index (χ4n) is 2.45. The van der Waals surface area contributed by atoms with E-state index in [1.807, 2.05) is 49.4 Å². The van der Waals surface area contributed by atoms with E-state index >= 15 is 0 Å². The van der Waals surface area contributed by atoms with Crippen LogP contribution in [0, 0.1) is 6.92 Å². The maximum atomic E-state index is 12.0. The van der Waals surface area contributed by atoms with E-state index in [2.05, 4.69) is 25.5 Å². The summed E-state index contributed by atoms with van der Waals surface area (Å²) in [6.07, 6.45) is 1.41. The van der Waals surface area contributed by atoms with Gasteiger partial charge in [-0.15, -0.1) is 0 Å². The average molecular weight is 365 g/mol. The van der Waals surface area contributed by atoms with Crippen molar-refractivity contribution in [1.82, 2.24) is 20.2 Å². The van der Waals surface area contributed by atoms with E-state index in [1.165, 1.54) is 18.1 Å². The molecular formula is C18H15N5O2S. The quantitative estimate of drug-likeness (QED) is 0.524. The molecule has 0 aliphatic carbocycles. The second-order valence-electron chi connectivity index (χ2n) is 5.70. The van der Waals surface area contributed by atoms with E-state index in [0.717, 1.165) is 22.2 Å². The predicted octanol–water partition coefficient (Wildman–Crippen LogP) is 3.65. The Morgan fingerprint density at radius 1 is 1.23 bits per heavy atom. The number of carbonyl (C=O) groups is 1. The van der Waals surface area contributed by atoms with Crippen molar-refractivity contribution in [3.8, 4) is 11.5 Å². The third kappa shape index (κ3) is 3.60. The van der Waals surface area contributed by atoms with Gasteiger partial charge in [0, 0.05) is 11.3 Å². The van der Waals surface area contributed by atoms with Gasteiger partial charge in [0.1, 0.15) is 11.8 Å². The van der Waals surface area contributed by atoms with Crippen LogP contribution in [0.15, 0.2) is 58.4 Å². The molecule has 0 spiro atoms. The van der Waals surface area contributed by atoms with Gasteiger partial charge in [-0.05, 0) is 48.9 Å². The molecule has 0 unspecified atom stereocenters. The second kappa shape index (κ2) is 7.01. The van der Waals surface area contributed by atoms with Gasteiger partial charge in [0.05, 0.1) is 5.75 Å². The molecule has 130 valence electrons. The van der Waals surface area contributed by atoms with E-state index in [9.17, 15) is 4.79 Å². The van der Waals surface area contributed by atoms with Crippen LogP contribution < -0.4 is 5.32 Å². The smallest absolute Gasteiger partial charge is 0.234 e. The van der Waals surface area contributed by atoms with Crippen LogP contribution in [0.25, 0.3) is 22.6 Å². The van der Waals surface area contributed by atoms with Crippen molar-refractivity contribution >= 4 is 34.5 Å². The first kappa shape index (κ1) is 16.3. The number of nitrogens with zero attached hydrogens (tertiary/aromatic N) is 3. The lowest BCUT2D eigenvalue weighted by Crippen LogP contribution is -2.14. The van der Waals surface area contributed by atoms with Crippen molar-refractivity contribution in [3.05, 3.63) is 54.4 Å². The number of aromatic nitrogens is 4. The van der Waals surface area contributed by atoms with Crippen LogP contribution in [0.5, 0.6) is 0 Å². The molecule has 0 radical (unpaired) electrons. The van der Waals surface area contributed by atoms with Crippen LogP contribution >= 0.6 is 11.8 Å². The van der Waals surface area contributed by atoms with Crippen molar-refractivity contribution in [2.24, 2.45) is 0 Å². The van der Waals surface area contributed by atoms with Crippen molar-refractivity contribution < 1.29 is 9.21 Å². The third-order valence-electron chi connectivity index (χ3n) is 3.69. The highest BCUT2D eigenvalue weighted by Crippen LogP contribution is 2.26. The fourth-order valence-corrected chi connectivity index (χ4v) is 3.03. The van der Waals surface area contributed by atoms with E-state index in [-0.39, 0.29) is 11.7 Å². The molecule has 26 heavy (non-hydrogen) atoms. The van der Waals surface area contributed by atoms with E-state index in [1.54, 1.807) is 0 Å². The Balaban J connectivity index is 1.43. The highest BCUT2D eigenvalue weighted by atomic mass is 32.2. The van der Waals surface area contributed by atoms with Gasteiger partial charge in [0.15, 0.2) is 10.7 Å². The molecule has 2 aromatic heterocycles. The highest BCUT2D eigenvalue weighted by molar-refractivity contribution is 7.99. The summed E-state index contributed by atoms with van der Waals surface area (Å²) in [7, 11) is 0. The van der Waals surface area contributed by atoms with Gasteiger partial charge >= 0.3 is 0 Å². The topological polar surface area (TPSA) is 96.7 Å². The third-order valence-corrected chi connectivity index (χ3v) is 4.57. The summed E-state index contributed by atoms with van der Waals surface area (Å²) < 4.78 is 5.82. The number of hydrogen-bond acceptors (Lipinski definition) is 6. The molecule has 0 saturated carbocycles. The van der Waals surface area contributed by atoms with Crippen molar-refractivity contribution in [3.63, 3.8) is 0 Å². The number of anilines is 1. The van der Waals surface area contributed by atoms with E-state index < -0.39 is 0 Å². The molecule has 4 rings (SSSR count). The SMILES string of the molecule is Cc1ccc2nc(-c3ccc(NC(=O)CSc4ncn[nH]4)cc3)oc2c1. The van der Waals surface area contributed by atoms with E-state index in [4.69, 9.17) is 4.42 Å². The summed E-state index contributed by atoms with van der Waals surface area (Å²) in [5.74, 6) is 0.697. The monoisotopic (exact) mass is 365 g/mol. The largest absolute Gasteiger partial charge is 0.436 e. The van der Waals surface area contributed by atoms with Gasteiger partial charge in [0.25, 0.3) is 0 Å². The number of rotatable bonds is 5. The number of oxazole rings is 1. The minimum atomic E-state index is -0.114. The first-order valence-corrected chi connectivity index (χ1v) is 8.91. The maximum Gasteiger partial charge on any atom is 0.234 e. The molecule has 0 atom stereocenters. The molecule has 7 nitrogen and oxygen atoms in total. The lowest BCUT2D eigenvalue weighted by Gasteiger charge is -2.04. The zero-order chi connectivity index (χ0) is 17.9. The van der Waals surface area contributed by atoms with Crippen molar-refractivity contribution in [2.45, 2.75) is 12.1 Å². The molecule has 0 aliphatic rings. The summed E-state index contributed by atoms with van der Waals surface area (Å²) in [4.78, 5) is 20.4. The summed E-state index contributed by atoms with van der Waals surface area (Å²) in [5.41, 5.74) is 4.28. The number of H-pyrrole nitrogens is 1. The van der Waals surface area contributed by atoms with Gasteiger partial charge in [0.2, 0.25) is 11.8 Å². The average Bonchev–Trinajstić information content (AvgIpc) is 3.29. The summed E-state index contributed by atoms with van der Waals surface area (Å²) >= 11 is 1.29. The zero-order valence-corrected chi connectivity index (χ0v) is 14.7. The number of fused-ring (bicyclic) bond motifs is 1. The number of aryl methyl sites for hydroxylation is 1. The first-order chi connectivity index (χ1) is 12.7. The van der Waals surface area contributed by atoms with Crippen LogP contribution in [0.2, 0.25) is 0 Å². The van der Waals surface area contributed by atoms with Crippen molar-refractivity contribution in [1.29, 1.82) is 0 Å². The molecule has 4 aromatic rings. The molecule has 0 saturated heterocycles. The number of nitrogens with one attached hydrogen (secondary N) is 2. The second-order valence-corrected chi connectivity index (χ2v) is 6.66. The highest BCUT2D eigenvalue weighted by Gasteiger charge is 2.09. The van der Waals surface area contributed by atoms with Gasteiger partial charge in [-0.3, -0.25) is 9.89 Å². The van der Waals surface area contributed by atoms with Crippen LogP contribution in [0.3, 0.4) is 0 Å². The summed E-state index contributed by atoms with van der Waals surface area (Å²) in [6, 6.07) is 13.3. The molecule has 0 aliphatic heterocycles. The first-order valence-electron chi connectivity index (χ1n) is 7.93.